The number of hydrogen-bond donors (Lipinski definition) is 3. The molecule has 1 amide bonds. The lowest BCUT2D eigenvalue weighted by Crippen LogP contribution is -2.39. The van der Waals surface area contributed by atoms with Gasteiger partial charge in [0.1, 0.15) is 0 Å². The van der Waals surface area contributed by atoms with E-state index < -0.39 is 10.0 Å². The Labute approximate surface area is 112 Å². The van der Waals surface area contributed by atoms with Crippen LogP contribution in [0.5, 0.6) is 0 Å². The summed E-state index contributed by atoms with van der Waals surface area (Å²) >= 11 is 0. The Kier molecular flexibility index (Phi) is 4.18. The molecule has 4 N–H and O–H groups in total. The molecule has 1 fully saturated rings. The summed E-state index contributed by atoms with van der Waals surface area (Å²) in [5.74, 6) is -0.0203. The largest absolute Gasteiger partial charge is 0.351 e. The maximum Gasteiger partial charge on any atom is 0.238 e. The third kappa shape index (κ3) is 3.76. The van der Waals surface area contributed by atoms with E-state index in [1.54, 1.807) is 12.1 Å². The van der Waals surface area contributed by atoms with E-state index in [1.807, 2.05) is 0 Å². The van der Waals surface area contributed by atoms with Crippen molar-refractivity contribution in [2.24, 2.45) is 5.14 Å². The molecule has 0 bridgehead atoms. The highest BCUT2D eigenvalue weighted by molar-refractivity contribution is 7.89. The zero-order chi connectivity index (χ0) is 13.9. The quantitative estimate of drug-likeness (QED) is 0.706. The fraction of sp³-hybridized carbons (Fsp3) is 0.417. The summed E-state index contributed by atoms with van der Waals surface area (Å²) in [5.41, 5.74) is 0.832. The molecule has 1 aromatic rings. The lowest BCUT2D eigenvalue weighted by atomic mass is 10.2. The molecule has 1 aromatic carbocycles. The van der Waals surface area contributed by atoms with Crippen LogP contribution in [0.4, 0.5) is 0 Å². The maximum absolute atomic E-state index is 11.8. The highest BCUT2D eigenvalue weighted by Crippen LogP contribution is 2.09. The molecule has 1 atom stereocenters. The van der Waals surface area contributed by atoms with E-state index >= 15 is 0 Å². The van der Waals surface area contributed by atoms with E-state index in [9.17, 15) is 13.2 Å². The number of carbonyl (C=O) groups is 1. The second kappa shape index (κ2) is 5.68. The van der Waals surface area contributed by atoms with Crippen LogP contribution in [0.15, 0.2) is 29.2 Å². The van der Waals surface area contributed by atoms with Crippen molar-refractivity contribution in [2.75, 3.05) is 6.54 Å². The predicted molar refractivity (Wildman–Crippen MR) is 70.7 cm³/mol. The summed E-state index contributed by atoms with van der Waals surface area (Å²) in [6, 6.07) is 6.04. The van der Waals surface area contributed by atoms with Crippen LogP contribution in [0.3, 0.4) is 0 Å². The summed E-state index contributed by atoms with van der Waals surface area (Å²) < 4.78 is 22.2. The van der Waals surface area contributed by atoms with Gasteiger partial charge in [-0.25, -0.2) is 13.6 Å². The van der Waals surface area contributed by atoms with Crippen molar-refractivity contribution in [1.29, 1.82) is 0 Å². The molecule has 1 heterocycles. The molecular weight excluding hydrogens is 266 g/mol. The van der Waals surface area contributed by atoms with Gasteiger partial charge in [-0.05, 0) is 37.1 Å². The van der Waals surface area contributed by atoms with Crippen molar-refractivity contribution in [2.45, 2.75) is 30.3 Å². The molecule has 2 rings (SSSR count). The molecule has 0 unspecified atom stereocenters. The molecule has 1 aliphatic heterocycles. The SMILES string of the molecule is NS(=O)(=O)c1ccc(CNC(=O)[C@@H]2CCCN2)cc1. The van der Waals surface area contributed by atoms with Crippen molar-refractivity contribution in [3.8, 4) is 0 Å². The monoisotopic (exact) mass is 283 g/mol. The number of rotatable bonds is 4. The van der Waals surface area contributed by atoms with E-state index in [1.165, 1.54) is 12.1 Å². The highest BCUT2D eigenvalue weighted by atomic mass is 32.2. The minimum absolute atomic E-state index is 0.0203. The predicted octanol–water partition coefficient (Wildman–Crippen LogP) is -0.298. The standard InChI is InChI=1S/C12H17N3O3S/c13-19(17,18)10-5-3-9(4-6-10)8-15-12(16)11-2-1-7-14-11/h3-6,11,14H,1-2,7-8H2,(H,15,16)(H2,13,17,18)/t11-/m0/s1. The minimum Gasteiger partial charge on any atom is -0.351 e. The van der Waals surface area contributed by atoms with Gasteiger partial charge < -0.3 is 10.6 Å². The fourth-order valence-corrected chi connectivity index (χ4v) is 2.53. The normalized spacial score (nSPS) is 19.3. The Morgan fingerprint density at radius 3 is 2.58 bits per heavy atom. The van der Waals surface area contributed by atoms with Crippen molar-refractivity contribution >= 4 is 15.9 Å². The van der Waals surface area contributed by atoms with E-state index in [-0.39, 0.29) is 16.8 Å². The molecule has 0 saturated carbocycles. The second-order valence-corrected chi connectivity index (χ2v) is 6.12. The van der Waals surface area contributed by atoms with Crippen molar-refractivity contribution in [1.82, 2.24) is 10.6 Å². The average Bonchev–Trinajstić information content (AvgIpc) is 2.89. The second-order valence-electron chi connectivity index (χ2n) is 4.56. The van der Waals surface area contributed by atoms with Crippen LogP contribution >= 0.6 is 0 Å². The van der Waals surface area contributed by atoms with Crippen LogP contribution in [-0.4, -0.2) is 26.9 Å². The summed E-state index contributed by atoms with van der Waals surface area (Å²) in [6.45, 7) is 1.25. The van der Waals surface area contributed by atoms with Crippen LogP contribution < -0.4 is 15.8 Å². The number of carbonyl (C=O) groups excluding carboxylic acids is 1. The lowest BCUT2D eigenvalue weighted by molar-refractivity contribution is -0.122. The number of sulfonamides is 1. The molecule has 1 aliphatic rings. The number of benzene rings is 1. The van der Waals surface area contributed by atoms with Crippen LogP contribution in [0, 0.1) is 0 Å². The number of hydrogen-bond acceptors (Lipinski definition) is 4. The van der Waals surface area contributed by atoms with Crippen LogP contribution in [0.1, 0.15) is 18.4 Å². The number of nitrogens with one attached hydrogen (secondary N) is 2. The Morgan fingerprint density at radius 2 is 2.05 bits per heavy atom. The number of amides is 1. The Hall–Kier alpha value is -1.44. The molecule has 19 heavy (non-hydrogen) atoms. The van der Waals surface area contributed by atoms with Gasteiger partial charge in [0.2, 0.25) is 15.9 Å². The van der Waals surface area contributed by atoms with Crippen LogP contribution in [0.2, 0.25) is 0 Å². The van der Waals surface area contributed by atoms with Crippen molar-refractivity contribution in [3.63, 3.8) is 0 Å². The Morgan fingerprint density at radius 1 is 1.37 bits per heavy atom. The molecule has 0 aliphatic carbocycles. The number of primary sulfonamides is 1. The summed E-state index contributed by atoms with van der Waals surface area (Å²) in [5, 5.41) is 10.9. The van der Waals surface area contributed by atoms with Crippen LogP contribution in [0.25, 0.3) is 0 Å². The van der Waals surface area contributed by atoms with Gasteiger partial charge in [0.25, 0.3) is 0 Å². The molecular formula is C12H17N3O3S. The molecule has 0 spiro atoms. The van der Waals surface area contributed by atoms with Gasteiger partial charge >= 0.3 is 0 Å². The number of nitrogens with two attached hydrogens (primary N) is 1. The first-order valence-corrected chi connectivity index (χ1v) is 7.64. The van der Waals surface area contributed by atoms with Gasteiger partial charge in [-0.1, -0.05) is 12.1 Å². The maximum atomic E-state index is 11.8. The fourth-order valence-electron chi connectivity index (χ4n) is 2.02. The molecule has 1 saturated heterocycles. The van der Waals surface area contributed by atoms with Crippen LogP contribution in [-0.2, 0) is 21.4 Å². The minimum atomic E-state index is -3.66. The van der Waals surface area contributed by atoms with Gasteiger partial charge in [0, 0.05) is 6.54 Å². The first kappa shape index (κ1) is 14.0. The van der Waals surface area contributed by atoms with Crippen molar-refractivity contribution < 1.29 is 13.2 Å². The van der Waals surface area contributed by atoms with Gasteiger partial charge in [-0.2, -0.15) is 0 Å². The average molecular weight is 283 g/mol. The van der Waals surface area contributed by atoms with Gasteiger partial charge in [0.15, 0.2) is 0 Å². The van der Waals surface area contributed by atoms with Gasteiger partial charge in [0.05, 0.1) is 10.9 Å². The first-order valence-electron chi connectivity index (χ1n) is 6.09. The topological polar surface area (TPSA) is 101 Å². The molecule has 0 aromatic heterocycles. The molecule has 6 nitrogen and oxygen atoms in total. The summed E-state index contributed by atoms with van der Waals surface area (Å²) in [4.78, 5) is 11.8. The molecule has 7 heteroatoms. The van der Waals surface area contributed by atoms with E-state index in [0.717, 1.165) is 24.9 Å². The molecule has 104 valence electrons. The van der Waals surface area contributed by atoms with Gasteiger partial charge in [-0.15, -0.1) is 0 Å². The Bertz CT molecular complexity index is 548. The Balaban J connectivity index is 1.91. The lowest BCUT2D eigenvalue weighted by Gasteiger charge is -2.11. The summed E-state index contributed by atoms with van der Waals surface area (Å²) in [7, 11) is -3.66. The van der Waals surface area contributed by atoms with Gasteiger partial charge in [-0.3, -0.25) is 4.79 Å². The molecule has 0 radical (unpaired) electrons. The van der Waals surface area contributed by atoms with Crippen molar-refractivity contribution in [3.05, 3.63) is 29.8 Å². The zero-order valence-corrected chi connectivity index (χ0v) is 11.2. The smallest absolute Gasteiger partial charge is 0.238 e. The highest BCUT2D eigenvalue weighted by Gasteiger charge is 2.21. The third-order valence-electron chi connectivity index (χ3n) is 3.10. The third-order valence-corrected chi connectivity index (χ3v) is 4.02. The first-order chi connectivity index (χ1) is 8.97. The van der Waals surface area contributed by atoms with E-state index in [2.05, 4.69) is 10.6 Å². The zero-order valence-electron chi connectivity index (χ0n) is 10.4. The summed E-state index contributed by atoms with van der Waals surface area (Å²) in [6.07, 6.45) is 1.87. The van der Waals surface area contributed by atoms with E-state index in [0.29, 0.717) is 6.54 Å². The van der Waals surface area contributed by atoms with E-state index in [4.69, 9.17) is 5.14 Å².